The first kappa shape index (κ1) is 17.9. The molecule has 1 N–H and O–H groups in total. The number of amides is 1. The zero-order chi connectivity index (χ0) is 18.8. The Morgan fingerprint density at radius 1 is 1.33 bits per heavy atom. The minimum Gasteiger partial charge on any atom is -0.376 e. The molecule has 1 aliphatic heterocycles. The van der Waals surface area contributed by atoms with E-state index in [4.69, 9.17) is 16.3 Å². The maximum Gasteiger partial charge on any atom is 0.252 e. The summed E-state index contributed by atoms with van der Waals surface area (Å²) in [5.41, 5.74) is 2.82. The van der Waals surface area contributed by atoms with Gasteiger partial charge >= 0.3 is 0 Å². The number of carbonyl (C=O) groups is 1. The van der Waals surface area contributed by atoms with Crippen molar-refractivity contribution in [1.82, 2.24) is 15.3 Å². The molecule has 5 nitrogen and oxygen atoms in total. The summed E-state index contributed by atoms with van der Waals surface area (Å²) in [5, 5.41) is 4.38. The van der Waals surface area contributed by atoms with Gasteiger partial charge in [-0.15, -0.1) is 0 Å². The van der Waals surface area contributed by atoms with Crippen molar-refractivity contribution in [3.63, 3.8) is 0 Å². The summed E-state index contributed by atoms with van der Waals surface area (Å²) < 4.78 is 5.69. The lowest BCUT2D eigenvalue weighted by atomic mass is 10.0. The molecule has 138 valence electrons. The van der Waals surface area contributed by atoms with Crippen molar-refractivity contribution in [2.45, 2.75) is 31.9 Å². The minimum absolute atomic E-state index is 0.0587. The topological polar surface area (TPSA) is 64.1 Å². The fourth-order valence-corrected chi connectivity index (χ4v) is 3.59. The lowest BCUT2D eigenvalue weighted by Crippen LogP contribution is -2.40. The average Bonchev–Trinajstić information content (AvgIpc) is 3.23. The third-order valence-electron chi connectivity index (χ3n) is 4.85. The number of carbonyl (C=O) groups excluding carboxylic acids is 1. The van der Waals surface area contributed by atoms with Crippen molar-refractivity contribution in [1.29, 1.82) is 0 Å². The predicted octanol–water partition coefficient (Wildman–Crippen LogP) is 4.25. The van der Waals surface area contributed by atoms with Gasteiger partial charge in [0.25, 0.3) is 5.91 Å². The summed E-state index contributed by atoms with van der Waals surface area (Å²) in [6, 6.07) is 10.9. The number of hydrogen-bond donors (Lipinski definition) is 1. The molecule has 1 fully saturated rings. The third-order valence-corrected chi connectivity index (χ3v) is 5.09. The number of hydrogen-bond acceptors (Lipinski definition) is 4. The number of benzene rings is 1. The molecule has 3 heterocycles. The van der Waals surface area contributed by atoms with E-state index >= 15 is 0 Å². The highest BCUT2D eigenvalue weighted by Crippen LogP contribution is 2.27. The van der Waals surface area contributed by atoms with E-state index < -0.39 is 0 Å². The Morgan fingerprint density at radius 2 is 2.22 bits per heavy atom. The summed E-state index contributed by atoms with van der Waals surface area (Å²) in [7, 11) is 0. The number of aromatic nitrogens is 2. The number of nitrogens with one attached hydrogen (secondary N) is 1. The van der Waals surface area contributed by atoms with Gasteiger partial charge in [0.1, 0.15) is 0 Å². The number of pyridine rings is 2. The molecule has 27 heavy (non-hydrogen) atoms. The molecule has 0 unspecified atom stereocenters. The van der Waals surface area contributed by atoms with Gasteiger partial charge in [-0.1, -0.05) is 11.6 Å². The largest absolute Gasteiger partial charge is 0.376 e. The van der Waals surface area contributed by atoms with Crippen LogP contribution in [0.3, 0.4) is 0 Å². The van der Waals surface area contributed by atoms with Crippen molar-refractivity contribution in [2.75, 3.05) is 6.61 Å². The van der Waals surface area contributed by atoms with Crippen LogP contribution >= 0.6 is 11.6 Å². The van der Waals surface area contributed by atoms with Gasteiger partial charge in [0.2, 0.25) is 0 Å². The molecule has 0 radical (unpaired) electrons. The van der Waals surface area contributed by atoms with Crippen LogP contribution in [0.2, 0.25) is 5.02 Å². The number of halogens is 1. The van der Waals surface area contributed by atoms with Crippen LogP contribution in [0.1, 0.15) is 30.1 Å². The summed E-state index contributed by atoms with van der Waals surface area (Å²) >= 11 is 6.17. The first-order valence-corrected chi connectivity index (χ1v) is 9.43. The third kappa shape index (κ3) is 3.80. The first-order valence-electron chi connectivity index (χ1n) is 9.05. The summed E-state index contributed by atoms with van der Waals surface area (Å²) in [6.07, 6.45) is 5.50. The number of fused-ring (bicyclic) bond motifs is 1. The van der Waals surface area contributed by atoms with Crippen LogP contribution in [-0.4, -0.2) is 34.6 Å². The summed E-state index contributed by atoms with van der Waals surface area (Å²) in [4.78, 5) is 21.9. The number of rotatable bonds is 4. The van der Waals surface area contributed by atoms with Crippen molar-refractivity contribution in [3.8, 4) is 11.3 Å². The highest BCUT2D eigenvalue weighted by Gasteiger charge is 2.25. The Morgan fingerprint density at radius 3 is 2.96 bits per heavy atom. The Labute approximate surface area is 162 Å². The van der Waals surface area contributed by atoms with Crippen LogP contribution < -0.4 is 5.32 Å². The van der Waals surface area contributed by atoms with Gasteiger partial charge in [-0.05, 0) is 56.2 Å². The number of ether oxygens (including phenoxy) is 1. The maximum atomic E-state index is 13.1. The van der Waals surface area contributed by atoms with Crippen molar-refractivity contribution in [2.24, 2.45) is 0 Å². The van der Waals surface area contributed by atoms with Crippen LogP contribution in [0.25, 0.3) is 22.2 Å². The van der Waals surface area contributed by atoms with E-state index in [1.54, 1.807) is 30.6 Å². The molecule has 2 atom stereocenters. The van der Waals surface area contributed by atoms with E-state index in [9.17, 15) is 4.79 Å². The highest BCUT2D eigenvalue weighted by molar-refractivity contribution is 6.31. The predicted molar refractivity (Wildman–Crippen MR) is 106 cm³/mol. The Hall–Kier alpha value is -2.50. The molecule has 0 bridgehead atoms. The fourth-order valence-electron chi connectivity index (χ4n) is 3.42. The van der Waals surface area contributed by atoms with E-state index in [-0.39, 0.29) is 18.1 Å². The van der Waals surface area contributed by atoms with Gasteiger partial charge in [0.05, 0.1) is 28.9 Å². The van der Waals surface area contributed by atoms with Gasteiger partial charge in [0.15, 0.2) is 0 Å². The Balaban J connectivity index is 1.75. The summed E-state index contributed by atoms with van der Waals surface area (Å²) in [6.45, 7) is 2.73. The average molecular weight is 382 g/mol. The minimum atomic E-state index is -0.155. The quantitative estimate of drug-likeness (QED) is 0.733. The van der Waals surface area contributed by atoms with Gasteiger partial charge in [-0.25, -0.2) is 4.98 Å². The second-order valence-corrected chi connectivity index (χ2v) is 7.21. The summed E-state index contributed by atoms with van der Waals surface area (Å²) in [5.74, 6) is -0.155. The van der Waals surface area contributed by atoms with Crippen molar-refractivity contribution >= 4 is 28.4 Å². The molecule has 1 saturated heterocycles. The van der Waals surface area contributed by atoms with Crippen LogP contribution in [-0.2, 0) is 4.74 Å². The molecule has 0 aliphatic carbocycles. The zero-order valence-electron chi connectivity index (χ0n) is 15.0. The van der Waals surface area contributed by atoms with Crippen molar-refractivity contribution < 1.29 is 9.53 Å². The SMILES string of the molecule is C[C@H](NC(=O)c1cc(-c2cccnc2)nc2ccc(Cl)cc12)[C@H]1CCCO1. The van der Waals surface area contributed by atoms with Crippen LogP contribution in [0.15, 0.2) is 48.8 Å². The van der Waals surface area contributed by atoms with Crippen LogP contribution in [0.5, 0.6) is 0 Å². The smallest absolute Gasteiger partial charge is 0.252 e. The molecule has 0 saturated carbocycles. The molecule has 2 aromatic heterocycles. The maximum absolute atomic E-state index is 13.1. The van der Waals surface area contributed by atoms with E-state index in [1.807, 2.05) is 25.1 Å². The molecule has 1 aromatic carbocycles. The zero-order valence-corrected chi connectivity index (χ0v) is 15.7. The molecule has 4 rings (SSSR count). The lowest BCUT2D eigenvalue weighted by molar-refractivity contribution is 0.0713. The van der Waals surface area contributed by atoms with Gasteiger partial charge in [-0.2, -0.15) is 0 Å². The molecule has 1 amide bonds. The first-order chi connectivity index (χ1) is 13.1. The second-order valence-electron chi connectivity index (χ2n) is 6.77. The molecule has 1 aliphatic rings. The lowest BCUT2D eigenvalue weighted by Gasteiger charge is -2.20. The van der Waals surface area contributed by atoms with Gasteiger partial charge in [-0.3, -0.25) is 9.78 Å². The molecular weight excluding hydrogens is 362 g/mol. The van der Waals surface area contributed by atoms with E-state index in [0.29, 0.717) is 16.3 Å². The normalized spacial score (nSPS) is 17.8. The number of nitrogens with zero attached hydrogens (tertiary/aromatic N) is 2. The van der Waals surface area contributed by atoms with E-state index in [2.05, 4.69) is 15.3 Å². The Bertz CT molecular complexity index is 972. The van der Waals surface area contributed by atoms with Gasteiger partial charge < -0.3 is 10.1 Å². The Kier molecular flexibility index (Phi) is 5.05. The van der Waals surface area contributed by atoms with Crippen molar-refractivity contribution in [3.05, 3.63) is 59.4 Å². The van der Waals surface area contributed by atoms with E-state index in [1.165, 1.54) is 0 Å². The van der Waals surface area contributed by atoms with E-state index in [0.717, 1.165) is 35.9 Å². The fraction of sp³-hybridized carbons (Fsp3) is 0.286. The standard InChI is InChI=1S/C21H20ClN3O2/c1-13(20-5-3-9-27-20)24-21(26)17-11-19(14-4-2-8-23-12-14)25-18-7-6-15(22)10-16(17)18/h2,4,6-8,10-13,20H,3,5,9H2,1H3,(H,24,26)/t13-,20+/m0/s1. The highest BCUT2D eigenvalue weighted by atomic mass is 35.5. The monoisotopic (exact) mass is 381 g/mol. The van der Waals surface area contributed by atoms with Crippen LogP contribution in [0, 0.1) is 0 Å². The van der Waals surface area contributed by atoms with Crippen LogP contribution in [0.4, 0.5) is 0 Å². The molecule has 0 spiro atoms. The molecule has 3 aromatic rings. The second kappa shape index (κ2) is 7.62. The molecular formula is C21H20ClN3O2. The van der Waals surface area contributed by atoms with Gasteiger partial charge in [0, 0.05) is 35.0 Å². The molecule has 6 heteroatoms.